The van der Waals surface area contributed by atoms with Crippen LogP contribution >= 0.6 is 46.4 Å². The summed E-state index contributed by atoms with van der Waals surface area (Å²) in [6.45, 7) is 0. The van der Waals surface area contributed by atoms with Crippen LogP contribution in [0.1, 0.15) is 11.1 Å². The second kappa shape index (κ2) is 11.2. The van der Waals surface area contributed by atoms with Gasteiger partial charge in [0.05, 0.1) is 0 Å². The molecule has 3 rings (SSSR count). The van der Waals surface area contributed by atoms with Crippen molar-refractivity contribution in [1.29, 1.82) is 0 Å². The highest BCUT2D eigenvalue weighted by atomic mass is 35.5. The van der Waals surface area contributed by atoms with Crippen molar-refractivity contribution in [2.24, 2.45) is 0 Å². The molecule has 0 fully saturated rings. The Morgan fingerprint density at radius 2 is 0.969 bits per heavy atom. The van der Waals surface area contributed by atoms with E-state index in [1.165, 1.54) is 24.3 Å². The maximum atomic E-state index is 12.2. The number of aromatic nitrogens is 1. The zero-order chi connectivity index (χ0) is 23.1. The number of amides is 2. The lowest BCUT2D eigenvalue weighted by Crippen LogP contribution is -2.12. The molecule has 3 aromatic rings. The molecule has 1 heterocycles. The van der Waals surface area contributed by atoms with Gasteiger partial charge in [0.15, 0.2) is 0 Å². The zero-order valence-corrected chi connectivity index (χ0v) is 19.3. The van der Waals surface area contributed by atoms with Crippen LogP contribution < -0.4 is 10.6 Å². The van der Waals surface area contributed by atoms with Crippen molar-refractivity contribution < 1.29 is 9.59 Å². The minimum absolute atomic E-state index is 0.251. The number of anilines is 2. The number of hydrogen-bond acceptors (Lipinski definition) is 3. The molecule has 32 heavy (non-hydrogen) atoms. The summed E-state index contributed by atoms with van der Waals surface area (Å²) >= 11 is 24.3. The quantitative estimate of drug-likeness (QED) is 0.353. The maximum absolute atomic E-state index is 12.2. The van der Waals surface area contributed by atoms with E-state index in [1.54, 1.807) is 54.6 Å². The van der Waals surface area contributed by atoms with Crippen LogP contribution in [0, 0.1) is 0 Å². The first-order chi connectivity index (χ1) is 15.3. The number of benzene rings is 2. The van der Waals surface area contributed by atoms with Crippen molar-refractivity contribution in [3.8, 4) is 0 Å². The second-order valence-corrected chi connectivity index (χ2v) is 7.95. The minimum atomic E-state index is -0.440. The molecule has 0 aliphatic carbocycles. The topological polar surface area (TPSA) is 71.1 Å². The Balaban J connectivity index is 1.64. The molecule has 0 bridgehead atoms. The Labute approximate surface area is 204 Å². The van der Waals surface area contributed by atoms with Gasteiger partial charge in [-0.2, -0.15) is 0 Å². The monoisotopic (exact) mass is 505 g/mol. The molecule has 0 aliphatic rings. The van der Waals surface area contributed by atoms with Crippen LogP contribution in [0.3, 0.4) is 0 Å². The number of pyridine rings is 1. The summed E-state index contributed by atoms with van der Waals surface area (Å²) in [4.78, 5) is 28.6. The summed E-state index contributed by atoms with van der Waals surface area (Å²) in [6, 6.07) is 14.9. The van der Waals surface area contributed by atoms with E-state index in [2.05, 4.69) is 15.6 Å². The molecule has 2 amide bonds. The number of rotatable bonds is 6. The van der Waals surface area contributed by atoms with Crippen LogP contribution in [-0.2, 0) is 9.59 Å². The first-order valence-electron chi connectivity index (χ1n) is 9.16. The Bertz CT molecular complexity index is 1090. The van der Waals surface area contributed by atoms with Gasteiger partial charge in [-0.1, -0.05) is 64.6 Å². The SMILES string of the molecule is O=C(C=Cc1c(Cl)cccc1Cl)Nc1cccc(NC(=O)C=Cc2c(Cl)cccc2Cl)n1. The van der Waals surface area contributed by atoms with Gasteiger partial charge in [-0.3, -0.25) is 9.59 Å². The first kappa shape index (κ1) is 23.8. The summed E-state index contributed by atoms with van der Waals surface area (Å²) in [5.74, 6) is -0.378. The van der Waals surface area contributed by atoms with Gasteiger partial charge in [0.2, 0.25) is 11.8 Å². The Kier molecular flexibility index (Phi) is 8.31. The number of carbonyl (C=O) groups excluding carboxylic acids is 2. The average molecular weight is 507 g/mol. The summed E-state index contributed by atoms with van der Waals surface area (Å²) in [7, 11) is 0. The fourth-order valence-corrected chi connectivity index (χ4v) is 3.61. The largest absolute Gasteiger partial charge is 0.307 e. The number of nitrogens with zero attached hydrogens (tertiary/aromatic N) is 1. The Morgan fingerprint density at radius 3 is 1.34 bits per heavy atom. The van der Waals surface area contributed by atoms with Gasteiger partial charge in [0.25, 0.3) is 0 Å². The molecule has 162 valence electrons. The standard InChI is InChI=1S/C23H15Cl4N3O2/c24-16-4-1-5-17(25)14(16)10-12-22(31)29-20-8-3-9-21(28-20)30-23(32)13-11-15-18(26)6-2-7-19(15)27/h1-13H,(H2,28,29,30,31,32). The highest BCUT2D eigenvalue weighted by Gasteiger charge is 2.06. The molecule has 0 saturated carbocycles. The number of halogens is 4. The first-order valence-corrected chi connectivity index (χ1v) is 10.7. The van der Waals surface area contributed by atoms with Crippen molar-refractivity contribution in [1.82, 2.24) is 4.98 Å². The molecule has 5 nitrogen and oxygen atoms in total. The van der Waals surface area contributed by atoms with Crippen molar-refractivity contribution in [2.75, 3.05) is 10.6 Å². The molecule has 1 aromatic heterocycles. The predicted molar refractivity (Wildman–Crippen MR) is 132 cm³/mol. The lowest BCUT2D eigenvalue weighted by Gasteiger charge is -2.06. The minimum Gasteiger partial charge on any atom is -0.307 e. The fourth-order valence-electron chi connectivity index (χ4n) is 2.57. The Morgan fingerprint density at radius 1 is 0.625 bits per heavy atom. The van der Waals surface area contributed by atoms with Crippen LogP contribution in [-0.4, -0.2) is 16.8 Å². The molecular formula is C23H15Cl4N3O2. The van der Waals surface area contributed by atoms with Crippen LogP contribution in [0.5, 0.6) is 0 Å². The summed E-state index contributed by atoms with van der Waals surface area (Å²) in [5.41, 5.74) is 1.07. The molecular weight excluding hydrogens is 492 g/mol. The van der Waals surface area contributed by atoms with E-state index in [0.717, 1.165) is 0 Å². The van der Waals surface area contributed by atoms with Crippen molar-refractivity contribution in [3.63, 3.8) is 0 Å². The molecule has 0 saturated heterocycles. The number of nitrogens with one attached hydrogen (secondary N) is 2. The third-order valence-corrected chi connectivity index (χ3v) is 5.37. The molecule has 0 atom stereocenters. The van der Waals surface area contributed by atoms with Crippen molar-refractivity contribution in [3.05, 3.63) is 98.0 Å². The lowest BCUT2D eigenvalue weighted by atomic mass is 10.2. The van der Waals surface area contributed by atoms with E-state index < -0.39 is 11.8 Å². The average Bonchev–Trinajstić information content (AvgIpc) is 2.73. The van der Waals surface area contributed by atoms with Gasteiger partial charge >= 0.3 is 0 Å². The molecule has 0 radical (unpaired) electrons. The Hall–Kier alpha value is -2.83. The molecule has 0 spiro atoms. The van der Waals surface area contributed by atoms with Crippen LogP contribution in [0.25, 0.3) is 12.2 Å². The van der Waals surface area contributed by atoms with E-state index in [-0.39, 0.29) is 11.6 Å². The van der Waals surface area contributed by atoms with E-state index in [9.17, 15) is 9.59 Å². The summed E-state index contributed by atoms with van der Waals surface area (Å²) < 4.78 is 0. The third kappa shape index (κ3) is 6.58. The van der Waals surface area contributed by atoms with Gasteiger partial charge in [0, 0.05) is 43.4 Å². The van der Waals surface area contributed by atoms with E-state index >= 15 is 0 Å². The van der Waals surface area contributed by atoms with Gasteiger partial charge in [-0.05, 0) is 48.6 Å². The highest BCUT2D eigenvalue weighted by molar-refractivity contribution is 6.37. The molecule has 9 heteroatoms. The van der Waals surface area contributed by atoms with E-state index in [1.807, 2.05) is 0 Å². The summed E-state index contributed by atoms with van der Waals surface area (Å²) in [6.07, 6.45) is 5.60. The van der Waals surface area contributed by atoms with Gasteiger partial charge < -0.3 is 10.6 Å². The number of carbonyl (C=O) groups is 2. The van der Waals surface area contributed by atoms with Crippen LogP contribution in [0.15, 0.2) is 66.7 Å². The van der Waals surface area contributed by atoms with Crippen LogP contribution in [0.2, 0.25) is 20.1 Å². The molecule has 2 aromatic carbocycles. The highest BCUT2D eigenvalue weighted by Crippen LogP contribution is 2.26. The number of hydrogen-bond donors (Lipinski definition) is 2. The summed E-state index contributed by atoms with van der Waals surface area (Å²) in [5, 5.41) is 6.93. The van der Waals surface area contributed by atoms with Gasteiger partial charge in [-0.15, -0.1) is 0 Å². The second-order valence-electron chi connectivity index (χ2n) is 6.32. The van der Waals surface area contributed by atoms with Crippen molar-refractivity contribution >= 4 is 82.0 Å². The third-order valence-electron chi connectivity index (χ3n) is 4.05. The van der Waals surface area contributed by atoms with Gasteiger partial charge in [0.1, 0.15) is 11.6 Å². The zero-order valence-electron chi connectivity index (χ0n) is 16.3. The molecule has 2 N–H and O–H groups in total. The lowest BCUT2D eigenvalue weighted by molar-refractivity contribution is -0.112. The predicted octanol–water partition coefficient (Wildman–Crippen LogP) is 7.00. The fraction of sp³-hybridized carbons (Fsp3) is 0. The molecule has 0 aliphatic heterocycles. The van der Waals surface area contributed by atoms with E-state index in [0.29, 0.717) is 31.2 Å². The van der Waals surface area contributed by atoms with Crippen molar-refractivity contribution in [2.45, 2.75) is 0 Å². The maximum Gasteiger partial charge on any atom is 0.249 e. The molecule has 0 unspecified atom stereocenters. The van der Waals surface area contributed by atoms with E-state index in [4.69, 9.17) is 46.4 Å². The van der Waals surface area contributed by atoms with Gasteiger partial charge in [-0.25, -0.2) is 4.98 Å². The smallest absolute Gasteiger partial charge is 0.249 e. The van der Waals surface area contributed by atoms with Crippen LogP contribution in [0.4, 0.5) is 11.6 Å². The normalized spacial score (nSPS) is 11.1.